The molecular formula is C27H20F2N4OS. The van der Waals surface area contributed by atoms with Crippen molar-refractivity contribution in [3.05, 3.63) is 107 Å². The van der Waals surface area contributed by atoms with Crippen molar-refractivity contribution >= 4 is 38.4 Å². The van der Waals surface area contributed by atoms with Crippen molar-refractivity contribution < 1.29 is 13.6 Å². The maximum absolute atomic E-state index is 14.1. The molecule has 0 fully saturated rings. The molecule has 2 N–H and O–H groups in total. The largest absolute Gasteiger partial charge is 0.329 e. The van der Waals surface area contributed by atoms with Crippen molar-refractivity contribution in [2.45, 2.75) is 24.8 Å². The number of halogens is 2. The number of carbonyl (C=O) groups excluding carboxylic acids is 1. The van der Waals surface area contributed by atoms with E-state index in [0.29, 0.717) is 40.8 Å². The molecule has 0 spiro atoms. The molecule has 35 heavy (non-hydrogen) atoms. The number of allylic oxidation sites excluding steroid dienone is 1. The van der Waals surface area contributed by atoms with Crippen LogP contribution < -0.4 is 10.6 Å². The van der Waals surface area contributed by atoms with Crippen LogP contribution in [0.15, 0.2) is 89.1 Å². The lowest BCUT2D eigenvalue weighted by atomic mass is 9.78. The summed E-state index contributed by atoms with van der Waals surface area (Å²) in [4.78, 5) is 22.6. The summed E-state index contributed by atoms with van der Waals surface area (Å²) in [7, 11) is 0. The molecule has 174 valence electrons. The number of fused-ring (bicyclic) bond motifs is 1. The van der Waals surface area contributed by atoms with Gasteiger partial charge in [-0.05, 0) is 47.7 Å². The molecule has 1 aliphatic heterocycles. The average Bonchev–Trinajstić information content (AvgIpc) is 3.25. The fourth-order valence-electron chi connectivity index (χ4n) is 4.76. The summed E-state index contributed by atoms with van der Waals surface area (Å²) in [5.41, 5.74) is 3.40. The fourth-order valence-corrected chi connectivity index (χ4v) is 5.63. The molecule has 2 atom stereocenters. The van der Waals surface area contributed by atoms with Gasteiger partial charge in [-0.3, -0.25) is 4.79 Å². The van der Waals surface area contributed by atoms with Crippen molar-refractivity contribution in [2.75, 3.05) is 5.32 Å². The standard InChI is InChI=1S/C27H20F2N4OS/c28-18-10-17(11-19(29)14-18)25-24-21(12-16(13-22(24)34)15-6-2-1-3-7-15)30-26(32-25)33-27-31-20-8-4-5-9-23(20)35-27/h1-11,14,16,25H,12-13H2,(H2,30,31,32,33). The number of aromatic nitrogens is 1. The number of nitrogens with one attached hydrogen (secondary N) is 2. The van der Waals surface area contributed by atoms with Gasteiger partial charge in [0.2, 0.25) is 5.96 Å². The molecule has 2 heterocycles. The van der Waals surface area contributed by atoms with E-state index < -0.39 is 17.7 Å². The molecule has 0 saturated heterocycles. The van der Waals surface area contributed by atoms with Crippen molar-refractivity contribution in [1.29, 1.82) is 0 Å². The number of para-hydroxylation sites is 1. The molecule has 2 unspecified atom stereocenters. The summed E-state index contributed by atoms with van der Waals surface area (Å²) in [6, 6.07) is 20.1. The van der Waals surface area contributed by atoms with Gasteiger partial charge in [-0.25, -0.2) is 18.8 Å². The Bertz CT molecular complexity index is 1460. The van der Waals surface area contributed by atoms with E-state index in [1.807, 2.05) is 54.6 Å². The van der Waals surface area contributed by atoms with E-state index in [-0.39, 0.29) is 11.7 Å². The first-order valence-corrected chi connectivity index (χ1v) is 12.1. The maximum Gasteiger partial charge on any atom is 0.202 e. The number of nitrogens with zero attached hydrogens (tertiary/aromatic N) is 2. The monoisotopic (exact) mass is 486 g/mol. The first-order valence-electron chi connectivity index (χ1n) is 11.3. The zero-order valence-electron chi connectivity index (χ0n) is 18.5. The molecule has 1 aromatic heterocycles. The third-order valence-corrected chi connectivity index (χ3v) is 7.25. The van der Waals surface area contributed by atoms with Gasteiger partial charge in [0.15, 0.2) is 10.9 Å². The zero-order valence-corrected chi connectivity index (χ0v) is 19.3. The molecule has 0 radical (unpaired) electrons. The van der Waals surface area contributed by atoms with E-state index in [2.05, 4.69) is 20.6 Å². The third-order valence-electron chi connectivity index (χ3n) is 6.30. The van der Waals surface area contributed by atoms with E-state index in [0.717, 1.165) is 21.8 Å². The molecule has 3 aromatic carbocycles. The van der Waals surface area contributed by atoms with Crippen molar-refractivity contribution in [3.8, 4) is 0 Å². The van der Waals surface area contributed by atoms with Crippen LogP contribution in [0.5, 0.6) is 0 Å². The summed E-state index contributed by atoms with van der Waals surface area (Å²) in [6.07, 6.45) is 0.898. The Kier molecular flexibility index (Phi) is 5.37. The van der Waals surface area contributed by atoms with Gasteiger partial charge < -0.3 is 10.6 Å². The Morgan fingerprint density at radius 1 is 0.914 bits per heavy atom. The van der Waals surface area contributed by atoms with Crippen LogP contribution in [0.2, 0.25) is 0 Å². The minimum absolute atomic E-state index is 0.00152. The van der Waals surface area contributed by atoms with Gasteiger partial charge >= 0.3 is 0 Å². The van der Waals surface area contributed by atoms with E-state index in [1.54, 1.807) is 0 Å². The summed E-state index contributed by atoms with van der Waals surface area (Å²) < 4.78 is 29.3. The van der Waals surface area contributed by atoms with Crippen LogP contribution >= 0.6 is 11.3 Å². The van der Waals surface area contributed by atoms with Crippen LogP contribution in [-0.2, 0) is 4.79 Å². The predicted molar refractivity (Wildman–Crippen MR) is 133 cm³/mol. The number of guanidine groups is 1. The highest BCUT2D eigenvalue weighted by Crippen LogP contribution is 2.41. The number of hydrogen-bond acceptors (Lipinski definition) is 6. The van der Waals surface area contributed by atoms with Gasteiger partial charge in [-0.15, -0.1) is 0 Å². The maximum atomic E-state index is 14.1. The van der Waals surface area contributed by atoms with Crippen LogP contribution in [0, 0.1) is 11.6 Å². The van der Waals surface area contributed by atoms with E-state index >= 15 is 0 Å². The number of hydrogen-bond donors (Lipinski definition) is 2. The predicted octanol–water partition coefficient (Wildman–Crippen LogP) is 6.09. The van der Waals surface area contributed by atoms with Crippen molar-refractivity contribution in [1.82, 2.24) is 10.3 Å². The van der Waals surface area contributed by atoms with Crippen molar-refractivity contribution in [3.63, 3.8) is 0 Å². The van der Waals surface area contributed by atoms with Gasteiger partial charge in [-0.2, -0.15) is 0 Å². The van der Waals surface area contributed by atoms with Crippen LogP contribution in [0.25, 0.3) is 10.2 Å². The third kappa shape index (κ3) is 4.21. The van der Waals surface area contributed by atoms with Crippen LogP contribution in [-0.4, -0.2) is 16.7 Å². The number of benzene rings is 3. The molecule has 2 aliphatic rings. The van der Waals surface area contributed by atoms with Crippen LogP contribution in [0.1, 0.15) is 35.9 Å². The molecule has 6 rings (SSSR count). The molecule has 4 aromatic rings. The number of rotatable bonds is 3. The summed E-state index contributed by atoms with van der Waals surface area (Å²) >= 11 is 1.47. The van der Waals surface area contributed by atoms with Crippen LogP contribution in [0.3, 0.4) is 0 Å². The lowest BCUT2D eigenvalue weighted by Crippen LogP contribution is -2.39. The number of ketones is 1. The van der Waals surface area contributed by atoms with E-state index in [1.165, 1.54) is 23.5 Å². The first-order chi connectivity index (χ1) is 17.0. The second-order valence-corrected chi connectivity index (χ2v) is 9.68. The van der Waals surface area contributed by atoms with Gasteiger partial charge in [0.25, 0.3) is 0 Å². The second-order valence-electron chi connectivity index (χ2n) is 8.65. The normalized spacial score (nSPS) is 19.8. The highest BCUT2D eigenvalue weighted by molar-refractivity contribution is 7.22. The molecule has 0 saturated carbocycles. The number of aliphatic imine (C=N–C) groups is 1. The summed E-state index contributed by atoms with van der Waals surface area (Å²) in [6.45, 7) is 0. The Balaban J connectivity index is 1.40. The van der Waals surface area contributed by atoms with E-state index in [4.69, 9.17) is 0 Å². The molecule has 1 aliphatic carbocycles. The quantitative estimate of drug-likeness (QED) is 0.368. The lowest BCUT2D eigenvalue weighted by molar-refractivity contribution is -0.116. The second kappa shape index (κ2) is 8.70. The van der Waals surface area contributed by atoms with Crippen LogP contribution in [0.4, 0.5) is 13.9 Å². The van der Waals surface area contributed by atoms with Gasteiger partial charge in [0.05, 0.1) is 10.2 Å². The molecule has 0 bridgehead atoms. The van der Waals surface area contributed by atoms with Gasteiger partial charge in [-0.1, -0.05) is 53.8 Å². The summed E-state index contributed by atoms with van der Waals surface area (Å²) in [5.74, 6) is -1.10. The van der Waals surface area contributed by atoms with Crippen molar-refractivity contribution in [2.24, 2.45) is 4.99 Å². The molecular weight excluding hydrogens is 466 g/mol. The molecule has 8 heteroatoms. The average molecular weight is 487 g/mol. The minimum atomic E-state index is -0.822. The summed E-state index contributed by atoms with van der Waals surface area (Å²) in [5, 5.41) is 7.13. The Morgan fingerprint density at radius 3 is 2.43 bits per heavy atom. The highest BCUT2D eigenvalue weighted by atomic mass is 32.1. The lowest BCUT2D eigenvalue weighted by Gasteiger charge is -2.34. The Morgan fingerprint density at radius 2 is 1.66 bits per heavy atom. The topological polar surface area (TPSA) is 66.4 Å². The Hall–Kier alpha value is -3.91. The fraction of sp³-hybridized carbons (Fsp3) is 0.148. The Labute approximate surface area is 204 Å². The number of Topliss-reactive ketones (excluding diaryl/α,β-unsaturated/α-hetero) is 1. The molecule has 5 nitrogen and oxygen atoms in total. The molecule has 0 amide bonds. The SMILES string of the molecule is O=C1CC(c2ccccc2)CC2=C1C(c1cc(F)cc(F)c1)N=C(Nc1nc3ccccc3s1)N2. The highest BCUT2D eigenvalue weighted by Gasteiger charge is 2.37. The number of carbonyl (C=O) groups is 1. The number of thiazole rings is 1. The zero-order chi connectivity index (χ0) is 23.9. The van der Waals surface area contributed by atoms with E-state index in [9.17, 15) is 13.6 Å². The number of anilines is 1. The minimum Gasteiger partial charge on any atom is -0.329 e. The smallest absolute Gasteiger partial charge is 0.202 e. The van der Waals surface area contributed by atoms with Gasteiger partial charge in [0.1, 0.15) is 17.7 Å². The first kappa shape index (κ1) is 21.6. The van der Waals surface area contributed by atoms with Gasteiger partial charge in [0, 0.05) is 23.8 Å².